The predicted octanol–water partition coefficient (Wildman–Crippen LogP) is 3.04. The molecule has 0 heterocycles. The fourth-order valence-corrected chi connectivity index (χ4v) is 4.08. The fourth-order valence-electron chi connectivity index (χ4n) is 2.65. The molecule has 28 heavy (non-hydrogen) atoms. The van der Waals surface area contributed by atoms with Gasteiger partial charge >= 0.3 is 0 Å². The molecule has 152 valence electrons. The molecule has 0 fully saturated rings. The molecule has 0 aliphatic rings. The van der Waals surface area contributed by atoms with Gasteiger partial charge in [-0.25, -0.2) is 8.42 Å². The molecule has 1 N–H and O–H groups in total. The lowest BCUT2D eigenvalue weighted by Crippen LogP contribution is -2.41. The highest BCUT2D eigenvalue weighted by atomic mass is 32.2. The molecule has 7 heteroatoms. The van der Waals surface area contributed by atoms with E-state index in [9.17, 15) is 13.2 Å². The summed E-state index contributed by atoms with van der Waals surface area (Å²) in [5.74, 6) is -0.353. The van der Waals surface area contributed by atoms with Crippen molar-refractivity contribution in [2.24, 2.45) is 0 Å². The Labute approximate surface area is 167 Å². The van der Waals surface area contributed by atoms with Crippen LogP contribution < -0.4 is 9.62 Å². The first-order valence-electron chi connectivity index (χ1n) is 9.35. The van der Waals surface area contributed by atoms with Gasteiger partial charge in [-0.2, -0.15) is 0 Å². The molecule has 0 spiro atoms. The van der Waals surface area contributed by atoms with Crippen LogP contribution in [-0.4, -0.2) is 40.6 Å². The number of benzene rings is 2. The molecule has 0 saturated heterocycles. The molecule has 0 unspecified atom stereocenters. The van der Waals surface area contributed by atoms with Gasteiger partial charge in [0.25, 0.3) is 10.0 Å². The second kappa shape index (κ2) is 10.2. The van der Waals surface area contributed by atoms with Crippen LogP contribution in [0.5, 0.6) is 0 Å². The number of nitrogens with one attached hydrogen (secondary N) is 1. The van der Waals surface area contributed by atoms with Gasteiger partial charge in [-0.15, -0.1) is 0 Å². The lowest BCUT2D eigenvalue weighted by atomic mass is 10.1. The molecule has 0 aliphatic carbocycles. The summed E-state index contributed by atoms with van der Waals surface area (Å²) in [6.07, 6.45) is 0.675. The Hall–Kier alpha value is -2.38. The Balaban J connectivity index is 2.24. The number of hydrogen-bond acceptors (Lipinski definition) is 4. The fraction of sp³-hybridized carbons (Fsp3) is 0.381. The number of anilines is 1. The minimum Gasteiger partial charge on any atom is -0.382 e. The highest BCUT2D eigenvalue weighted by Gasteiger charge is 2.27. The molecule has 0 aliphatic heterocycles. The van der Waals surface area contributed by atoms with Crippen LogP contribution in [0.15, 0.2) is 53.4 Å². The first-order valence-corrected chi connectivity index (χ1v) is 10.8. The van der Waals surface area contributed by atoms with E-state index in [-0.39, 0.29) is 17.3 Å². The number of carbonyl (C=O) groups excluding carboxylic acids is 1. The molecule has 6 nitrogen and oxygen atoms in total. The van der Waals surface area contributed by atoms with Crippen LogP contribution >= 0.6 is 0 Å². The quantitative estimate of drug-likeness (QED) is 0.618. The topological polar surface area (TPSA) is 75.7 Å². The van der Waals surface area contributed by atoms with E-state index in [1.165, 1.54) is 12.1 Å². The molecular formula is C21H28N2O4S. The third-order valence-electron chi connectivity index (χ3n) is 4.39. The van der Waals surface area contributed by atoms with Crippen molar-refractivity contribution < 1.29 is 17.9 Å². The van der Waals surface area contributed by atoms with Crippen molar-refractivity contribution in [1.82, 2.24) is 5.32 Å². The lowest BCUT2D eigenvalue weighted by molar-refractivity contribution is -0.119. The maximum absolute atomic E-state index is 13.2. The normalized spacial score (nSPS) is 11.2. The molecule has 2 aromatic carbocycles. The van der Waals surface area contributed by atoms with Gasteiger partial charge in [-0.05, 0) is 62.6 Å². The zero-order chi connectivity index (χ0) is 20.6. The Bertz CT molecular complexity index is 883. The van der Waals surface area contributed by atoms with Crippen molar-refractivity contribution in [3.8, 4) is 0 Å². The summed E-state index contributed by atoms with van der Waals surface area (Å²) >= 11 is 0. The van der Waals surface area contributed by atoms with Gasteiger partial charge in [0, 0.05) is 19.8 Å². The summed E-state index contributed by atoms with van der Waals surface area (Å²) in [7, 11) is -3.87. The van der Waals surface area contributed by atoms with E-state index in [4.69, 9.17) is 4.74 Å². The number of amides is 1. The van der Waals surface area contributed by atoms with E-state index in [2.05, 4.69) is 5.32 Å². The minimum atomic E-state index is -3.87. The first kappa shape index (κ1) is 21.9. The molecule has 0 saturated carbocycles. The third kappa shape index (κ3) is 5.81. The van der Waals surface area contributed by atoms with Gasteiger partial charge < -0.3 is 10.1 Å². The average molecular weight is 405 g/mol. The smallest absolute Gasteiger partial charge is 0.264 e. The van der Waals surface area contributed by atoms with Crippen molar-refractivity contribution in [2.45, 2.75) is 32.1 Å². The van der Waals surface area contributed by atoms with E-state index in [0.717, 1.165) is 15.4 Å². The standard InChI is InChI=1S/C21H28N2O4S/c1-4-27-14-8-13-22-21(24)16-23(19-12-11-17(2)18(3)15-19)28(25,26)20-9-6-5-7-10-20/h5-7,9-12,15H,4,8,13-14,16H2,1-3H3,(H,22,24). The van der Waals surface area contributed by atoms with Gasteiger partial charge in [0.1, 0.15) is 6.54 Å². The average Bonchev–Trinajstić information content (AvgIpc) is 2.69. The monoisotopic (exact) mass is 404 g/mol. The zero-order valence-corrected chi connectivity index (χ0v) is 17.5. The van der Waals surface area contributed by atoms with Crippen molar-refractivity contribution in [1.29, 1.82) is 0 Å². The second-order valence-electron chi connectivity index (χ2n) is 6.49. The summed E-state index contributed by atoms with van der Waals surface area (Å²) in [5.41, 5.74) is 2.49. The van der Waals surface area contributed by atoms with Gasteiger partial charge in [0.15, 0.2) is 0 Å². The van der Waals surface area contributed by atoms with Crippen LogP contribution in [0, 0.1) is 13.8 Å². The van der Waals surface area contributed by atoms with Crippen LogP contribution in [0.2, 0.25) is 0 Å². The Morgan fingerprint density at radius 2 is 1.79 bits per heavy atom. The van der Waals surface area contributed by atoms with Crippen LogP contribution in [0.25, 0.3) is 0 Å². The summed E-state index contributed by atoms with van der Waals surface area (Å²) < 4.78 is 32.8. The number of hydrogen-bond donors (Lipinski definition) is 1. The Kier molecular flexibility index (Phi) is 8.02. The highest BCUT2D eigenvalue weighted by Crippen LogP contribution is 2.25. The Morgan fingerprint density at radius 1 is 1.07 bits per heavy atom. The summed E-state index contributed by atoms with van der Waals surface area (Å²) in [5, 5.41) is 2.77. The zero-order valence-electron chi connectivity index (χ0n) is 16.6. The SMILES string of the molecule is CCOCCCNC(=O)CN(c1ccc(C)c(C)c1)S(=O)(=O)c1ccccc1. The third-order valence-corrected chi connectivity index (χ3v) is 6.18. The lowest BCUT2D eigenvalue weighted by Gasteiger charge is -2.25. The summed E-state index contributed by atoms with van der Waals surface area (Å²) in [4.78, 5) is 12.6. The van der Waals surface area contributed by atoms with Gasteiger partial charge in [-0.3, -0.25) is 9.10 Å². The molecule has 1 amide bonds. The van der Waals surface area contributed by atoms with E-state index in [0.29, 0.717) is 31.9 Å². The number of nitrogens with zero attached hydrogens (tertiary/aromatic N) is 1. The van der Waals surface area contributed by atoms with Gasteiger partial charge in [0.2, 0.25) is 5.91 Å². The van der Waals surface area contributed by atoms with E-state index >= 15 is 0 Å². The number of carbonyl (C=O) groups is 1. The van der Waals surface area contributed by atoms with Gasteiger partial charge in [-0.1, -0.05) is 24.3 Å². The van der Waals surface area contributed by atoms with E-state index < -0.39 is 10.0 Å². The summed E-state index contributed by atoms with van der Waals surface area (Å²) in [6, 6.07) is 13.5. The molecule has 0 bridgehead atoms. The van der Waals surface area contributed by atoms with Crippen LogP contribution in [-0.2, 0) is 19.6 Å². The van der Waals surface area contributed by atoms with Crippen molar-refractivity contribution >= 4 is 21.6 Å². The maximum atomic E-state index is 13.2. The number of ether oxygens (including phenoxy) is 1. The minimum absolute atomic E-state index is 0.150. The van der Waals surface area contributed by atoms with Crippen LogP contribution in [0.1, 0.15) is 24.5 Å². The first-order chi connectivity index (χ1) is 13.4. The molecule has 0 radical (unpaired) electrons. The number of aryl methyl sites for hydroxylation is 2. The molecule has 2 rings (SSSR count). The predicted molar refractivity (Wildman–Crippen MR) is 111 cm³/mol. The number of rotatable bonds is 10. The maximum Gasteiger partial charge on any atom is 0.264 e. The van der Waals surface area contributed by atoms with E-state index in [1.807, 2.05) is 26.8 Å². The van der Waals surface area contributed by atoms with Crippen molar-refractivity contribution in [2.75, 3.05) is 30.6 Å². The molecule has 2 aromatic rings. The molecular weight excluding hydrogens is 376 g/mol. The van der Waals surface area contributed by atoms with E-state index in [1.54, 1.807) is 30.3 Å². The van der Waals surface area contributed by atoms with Gasteiger partial charge in [0.05, 0.1) is 10.6 Å². The Morgan fingerprint density at radius 3 is 2.43 bits per heavy atom. The molecule has 0 atom stereocenters. The molecule has 0 aromatic heterocycles. The van der Waals surface area contributed by atoms with Crippen molar-refractivity contribution in [3.05, 3.63) is 59.7 Å². The van der Waals surface area contributed by atoms with Crippen molar-refractivity contribution in [3.63, 3.8) is 0 Å². The second-order valence-corrected chi connectivity index (χ2v) is 8.36. The largest absolute Gasteiger partial charge is 0.382 e. The van der Waals surface area contributed by atoms with Crippen LogP contribution in [0.4, 0.5) is 5.69 Å². The summed E-state index contributed by atoms with van der Waals surface area (Å²) in [6.45, 7) is 7.12. The number of sulfonamides is 1. The highest BCUT2D eigenvalue weighted by molar-refractivity contribution is 7.92. The van der Waals surface area contributed by atoms with Crippen LogP contribution in [0.3, 0.4) is 0 Å².